The minimum absolute atomic E-state index is 0. The van der Waals surface area contributed by atoms with E-state index in [1.807, 2.05) is 26.0 Å². The van der Waals surface area contributed by atoms with E-state index in [1.165, 1.54) is 0 Å². The molecule has 6 nitrogen and oxygen atoms in total. The molecule has 1 aromatic carbocycles. The highest BCUT2D eigenvalue weighted by Crippen LogP contribution is 2.19. The highest BCUT2D eigenvalue weighted by Gasteiger charge is 2.21. The molecule has 138 valence electrons. The third-order valence-electron chi connectivity index (χ3n) is 3.77. The first-order valence-electron chi connectivity index (χ1n) is 7.83. The number of carbonyl (C=O) groups is 1. The second kappa shape index (κ2) is 9.17. The zero-order valence-corrected chi connectivity index (χ0v) is 16.2. The summed E-state index contributed by atoms with van der Waals surface area (Å²) in [5, 5.41) is 4.59. The molecule has 2 aromatic rings. The highest BCUT2D eigenvalue weighted by molar-refractivity contribution is 6.30. The number of rotatable bonds is 7. The molecule has 2 N–H and O–H groups in total. The van der Waals surface area contributed by atoms with Gasteiger partial charge in [-0.15, -0.1) is 12.4 Å². The Morgan fingerprint density at radius 3 is 2.56 bits per heavy atom. The summed E-state index contributed by atoms with van der Waals surface area (Å²) >= 11 is 5.86. The molecule has 1 aromatic heterocycles. The predicted octanol–water partition coefficient (Wildman–Crippen LogP) is 3.19. The maximum absolute atomic E-state index is 12.2. The second-order valence-electron chi connectivity index (χ2n) is 6.64. The molecule has 0 radical (unpaired) electrons. The van der Waals surface area contributed by atoms with Crippen LogP contribution in [0.15, 0.2) is 28.8 Å². The smallest absolute Gasteiger partial charge is 0.227 e. The molecule has 0 aliphatic carbocycles. The lowest BCUT2D eigenvalue weighted by molar-refractivity contribution is -0.131. The lowest BCUT2D eigenvalue weighted by Crippen LogP contribution is -2.39. The van der Waals surface area contributed by atoms with Gasteiger partial charge in [0.2, 0.25) is 17.6 Å². The molecule has 0 bridgehead atoms. The largest absolute Gasteiger partial charge is 0.345 e. The summed E-state index contributed by atoms with van der Waals surface area (Å²) in [4.78, 5) is 18.2. The maximum atomic E-state index is 12.2. The van der Waals surface area contributed by atoms with Gasteiger partial charge in [-0.3, -0.25) is 4.79 Å². The van der Waals surface area contributed by atoms with E-state index in [0.717, 1.165) is 5.56 Å². The van der Waals surface area contributed by atoms with Gasteiger partial charge in [0.05, 0.1) is 0 Å². The Morgan fingerprint density at radius 2 is 1.96 bits per heavy atom. The van der Waals surface area contributed by atoms with E-state index in [9.17, 15) is 4.79 Å². The van der Waals surface area contributed by atoms with Crippen LogP contribution < -0.4 is 5.73 Å². The number of hydrogen-bond acceptors (Lipinski definition) is 5. The predicted molar refractivity (Wildman–Crippen MR) is 101 cm³/mol. The van der Waals surface area contributed by atoms with Crippen molar-refractivity contribution in [2.45, 2.75) is 26.7 Å². The fraction of sp³-hybridized carbons (Fsp3) is 0.471. The van der Waals surface area contributed by atoms with E-state index in [4.69, 9.17) is 21.9 Å². The number of nitrogens with two attached hydrogens (primary N) is 1. The van der Waals surface area contributed by atoms with Crippen LogP contribution in [0.3, 0.4) is 0 Å². The number of hydrogen-bond donors (Lipinski definition) is 1. The van der Waals surface area contributed by atoms with E-state index in [2.05, 4.69) is 10.1 Å². The van der Waals surface area contributed by atoms with E-state index >= 15 is 0 Å². The lowest BCUT2D eigenvalue weighted by atomic mass is 9.93. The summed E-state index contributed by atoms with van der Waals surface area (Å²) in [7, 11) is 1.78. The van der Waals surface area contributed by atoms with Crippen molar-refractivity contribution < 1.29 is 9.32 Å². The van der Waals surface area contributed by atoms with Gasteiger partial charge in [0.25, 0.3) is 0 Å². The van der Waals surface area contributed by atoms with Gasteiger partial charge in [-0.05, 0) is 36.2 Å². The van der Waals surface area contributed by atoms with Gasteiger partial charge in [0.15, 0.2) is 0 Å². The van der Waals surface area contributed by atoms with Crippen molar-refractivity contribution in [1.82, 2.24) is 15.0 Å². The third-order valence-corrected chi connectivity index (χ3v) is 4.02. The number of carbonyl (C=O) groups excluding carboxylic acids is 1. The maximum Gasteiger partial charge on any atom is 0.227 e. The monoisotopic (exact) mass is 386 g/mol. The van der Waals surface area contributed by atoms with Crippen molar-refractivity contribution in [3.05, 3.63) is 35.2 Å². The van der Waals surface area contributed by atoms with Crippen molar-refractivity contribution in [3.8, 4) is 11.4 Å². The van der Waals surface area contributed by atoms with Gasteiger partial charge in [0.1, 0.15) is 0 Å². The van der Waals surface area contributed by atoms with E-state index < -0.39 is 0 Å². The molecule has 1 heterocycles. The standard InChI is InChI=1S/C17H23ClN4O2.ClH/c1-17(2,10-19)11-22(3)15(23)9-8-14-20-16(21-24-14)12-4-6-13(18)7-5-12;/h4-7H,8-11,19H2,1-3H3;1H. The summed E-state index contributed by atoms with van der Waals surface area (Å²) in [6, 6.07) is 7.19. The van der Waals surface area contributed by atoms with Crippen molar-refractivity contribution >= 4 is 29.9 Å². The van der Waals surface area contributed by atoms with Gasteiger partial charge in [-0.2, -0.15) is 4.98 Å². The van der Waals surface area contributed by atoms with E-state index in [-0.39, 0.29) is 23.7 Å². The number of benzene rings is 1. The first-order chi connectivity index (χ1) is 11.3. The second-order valence-corrected chi connectivity index (χ2v) is 7.07. The van der Waals surface area contributed by atoms with Crippen LogP contribution in [-0.2, 0) is 11.2 Å². The molecular formula is C17H24Cl2N4O2. The molecular weight excluding hydrogens is 363 g/mol. The Morgan fingerprint density at radius 1 is 1.32 bits per heavy atom. The van der Waals surface area contributed by atoms with Gasteiger partial charge in [-0.1, -0.05) is 30.6 Å². The third kappa shape index (κ3) is 6.30. The van der Waals surface area contributed by atoms with Crippen LogP contribution >= 0.6 is 24.0 Å². The summed E-state index contributed by atoms with van der Waals surface area (Å²) in [6.45, 7) is 5.21. The van der Waals surface area contributed by atoms with Crippen molar-refractivity contribution in [2.24, 2.45) is 11.1 Å². The van der Waals surface area contributed by atoms with Crippen LogP contribution in [0, 0.1) is 5.41 Å². The summed E-state index contributed by atoms with van der Waals surface area (Å²) in [6.07, 6.45) is 0.728. The first kappa shape index (κ1) is 21.4. The molecule has 1 amide bonds. The quantitative estimate of drug-likeness (QED) is 0.789. The lowest BCUT2D eigenvalue weighted by Gasteiger charge is -2.29. The normalized spacial score (nSPS) is 11.1. The molecule has 0 aliphatic heterocycles. The molecule has 0 fully saturated rings. The summed E-state index contributed by atoms with van der Waals surface area (Å²) < 4.78 is 5.22. The van der Waals surface area contributed by atoms with Crippen molar-refractivity contribution in [1.29, 1.82) is 0 Å². The Bertz CT molecular complexity index is 686. The van der Waals surface area contributed by atoms with Crippen LogP contribution in [0.4, 0.5) is 0 Å². The molecule has 0 saturated carbocycles. The van der Waals surface area contributed by atoms with E-state index in [0.29, 0.717) is 42.7 Å². The molecule has 2 rings (SSSR count). The van der Waals surface area contributed by atoms with Crippen LogP contribution in [-0.4, -0.2) is 41.1 Å². The summed E-state index contributed by atoms with van der Waals surface area (Å²) in [5.41, 5.74) is 6.43. The van der Waals surface area contributed by atoms with Gasteiger partial charge in [0, 0.05) is 37.0 Å². The number of aryl methyl sites for hydroxylation is 1. The van der Waals surface area contributed by atoms with Crippen LogP contribution in [0.5, 0.6) is 0 Å². The topological polar surface area (TPSA) is 85.2 Å². The highest BCUT2D eigenvalue weighted by atomic mass is 35.5. The van der Waals surface area contributed by atoms with Crippen molar-refractivity contribution in [2.75, 3.05) is 20.1 Å². The number of aromatic nitrogens is 2. The number of nitrogens with zero attached hydrogens (tertiary/aromatic N) is 3. The average molecular weight is 387 g/mol. The Hall–Kier alpha value is -1.63. The first-order valence-corrected chi connectivity index (χ1v) is 8.21. The molecule has 0 spiro atoms. The van der Waals surface area contributed by atoms with Gasteiger partial charge in [-0.25, -0.2) is 0 Å². The zero-order valence-electron chi connectivity index (χ0n) is 14.7. The van der Waals surface area contributed by atoms with Crippen molar-refractivity contribution in [3.63, 3.8) is 0 Å². The van der Waals surface area contributed by atoms with Gasteiger partial charge >= 0.3 is 0 Å². The average Bonchev–Trinajstić information content (AvgIpc) is 3.01. The summed E-state index contributed by atoms with van der Waals surface area (Å²) in [5.74, 6) is 0.967. The number of halogens is 2. The molecule has 8 heteroatoms. The number of amides is 1. The molecule has 0 saturated heterocycles. The molecule has 25 heavy (non-hydrogen) atoms. The van der Waals surface area contributed by atoms with Crippen LogP contribution in [0.1, 0.15) is 26.2 Å². The SMILES string of the molecule is CN(CC(C)(C)CN)C(=O)CCc1nc(-c2ccc(Cl)cc2)no1.Cl. The fourth-order valence-electron chi connectivity index (χ4n) is 2.27. The zero-order chi connectivity index (χ0) is 17.7. The fourth-order valence-corrected chi connectivity index (χ4v) is 2.40. The Kier molecular flexibility index (Phi) is 7.86. The molecule has 0 aliphatic rings. The Balaban J connectivity index is 0.00000312. The molecule has 0 unspecified atom stereocenters. The van der Waals surface area contributed by atoms with Crippen LogP contribution in [0.2, 0.25) is 5.02 Å². The van der Waals surface area contributed by atoms with Gasteiger partial charge < -0.3 is 15.2 Å². The minimum atomic E-state index is -0.101. The minimum Gasteiger partial charge on any atom is -0.345 e. The van der Waals surface area contributed by atoms with Crippen LogP contribution in [0.25, 0.3) is 11.4 Å². The Labute approximate surface area is 159 Å². The molecule has 0 atom stereocenters. The van der Waals surface area contributed by atoms with E-state index in [1.54, 1.807) is 24.1 Å².